The van der Waals surface area contributed by atoms with Crippen molar-refractivity contribution in [2.75, 3.05) is 0 Å². The molecule has 0 aromatic carbocycles. The Hall–Kier alpha value is -1.58. The van der Waals surface area contributed by atoms with Crippen molar-refractivity contribution in [1.82, 2.24) is 4.98 Å². The van der Waals surface area contributed by atoms with Crippen molar-refractivity contribution in [3.05, 3.63) is 33.7 Å². The van der Waals surface area contributed by atoms with Crippen molar-refractivity contribution in [2.24, 2.45) is 5.73 Å². The predicted octanol–water partition coefficient (Wildman–Crippen LogP) is -0.218. The third kappa shape index (κ3) is 1.67. The number of primary amides is 1. The maximum absolute atomic E-state index is 10.8. The molecule has 0 aliphatic heterocycles. The summed E-state index contributed by atoms with van der Waals surface area (Å²) in [5.41, 5.74) is 5.53. The minimum atomic E-state index is -0.584. The highest BCUT2D eigenvalue weighted by Crippen LogP contribution is 1.94. The largest absolute Gasteiger partial charge is 0.366 e. The highest BCUT2D eigenvalue weighted by atomic mass is 16.1. The first-order chi connectivity index (χ1) is 5.09. The number of carbonyl (C=O) groups excluding carboxylic acids is 1. The molecule has 11 heavy (non-hydrogen) atoms. The lowest BCUT2D eigenvalue weighted by atomic mass is 10.2. The van der Waals surface area contributed by atoms with Gasteiger partial charge in [0.2, 0.25) is 11.5 Å². The number of aromatic amines is 1. The van der Waals surface area contributed by atoms with Crippen LogP contribution in [0.4, 0.5) is 0 Å². The molecular weight excluding hydrogens is 144 g/mol. The molecule has 1 aromatic heterocycles. The van der Waals surface area contributed by atoms with Crippen LogP contribution in [0.1, 0.15) is 16.1 Å². The lowest BCUT2D eigenvalue weighted by Gasteiger charge is -1.95. The van der Waals surface area contributed by atoms with Gasteiger partial charge in [-0.15, -0.1) is 0 Å². The average Bonchev–Trinajstić information content (AvgIpc) is 1.85. The summed E-state index contributed by atoms with van der Waals surface area (Å²) < 4.78 is 0. The Balaban J connectivity index is 3.30. The maximum atomic E-state index is 10.8. The quantitative estimate of drug-likeness (QED) is 0.583. The molecule has 4 heteroatoms. The van der Waals surface area contributed by atoms with E-state index in [0.717, 1.165) is 0 Å². The Kier molecular flexibility index (Phi) is 1.76. The van der Waals surface area contributed by atoms with Gasteiger partial charge in [-0.05, 0) is 13.0 Å². The van der Waals surface area contributed by atoms with Crippen LogP contribution >= 0.6 is 0 Å². The van der Waals surface area contributed by atoms with E-state index in [1.54, 1.807) is 6.92 Å². The number of nitrogens with one attached hydrogen (secondary N) is 1. The van der Waals surface area contributed by atoms with E-state index in [0.29, 0.717) is 5.69 Å². The van der Waals surface area contributed by atoms with Crippen LogP contribution in [-0.2, 0) is 0 Å². The zero-order valence-electron chi connectivity index (χ0n) is 6.05. The van der Waals surface area contributed by atoms with E-state index in [1.165, 1.54) is 12.1 Å². The van der Waals surface area contributed by atoms with Crippen LogP contribution < -0.4 is 11.3 Å². The van der Waals surface area contributed by atoms with Gasteiger partial charge in [0.15, 0.2) is 0 Å². The Morgan fingerprint density at radius 3 is 2.64 bits per heavy atom. The van der Waals surface area contributed by atoms with E-state index in [-0.39, 0.29) is 11.1 Å². The average molecular weight is 152 g/mol. The third-order valence-electron chi connectivity index (χ3n) is 1.26. The summed E-state index contributed by atoms with van der Waals surface area (Å²) in [4.78, 5) is 23.8. The SMILES string of the molecule is Cc1cc(C(N)=O)cc(=O)[nH]1. The molecule has 4 nitrogen and oxygen atoms in total. The van der Waals surface area contributed by atoms with Crippen molar-refractivity contribution in [3.63, 3.8) is 0 Å². The molecule has 1 heterocycles. The van der Waals surface area contributed by atoms with Crippen molar-refractivity contribution < 1.29 is 4.79 Å². The molecule has 0 saturated carbocycles. The molecular formula is C7H8N2O2. The van der Waals surface area contributed by atoms with E-state index in [4.69, 9.17) is 5.73 Å². The van der Waals surface area contributed by atoms with E-state index < -0.39 is 5.91 Å². The Morgan fingerprint density at radius 2 is 2.18 bits per heavy atom. The van der Waals surface area contributed by atoms with Crippen LogP contribution in [0.25, 0.3) is 0 Å². The number of amides is 1. The fourth-order valence-electron chi connectivity index (χ4n) is 0.825. The summed E-state index contributed by atoms with van der Waals surface area (Å²) in [6.07, 6.45) is 0. The zero-order valence-corrected chi connectivity index (χ0v) is 6.05. The molecule has 0 unspecified atom stereocenters. The molecule has 1 aromatic rings. The number of rotatable bonds is 1. The maximum Gasteiger partial charge on any atom is 0.248 e. The van der Waals surface area contributed by atoms with E-state index in [1.807, 2.05) is 0 Å². The van der Waals surface area contributed by atoms with Crippen LogP contribution in [0.3, 0.4) is 0 Å². The number of hydrogen-bond acceptors (Lipinski definition) is 2. The fraction of sp³-hybridized carbons (Fsp3) is 0.143. The third-order valence-corrected chi connectivity index (χ3v) is 1.26. The van der Waals surface area contributed by atoms with Gasteiger partial charge in [-0.1, -0.05) is 0 Å². The normalized spacial score (nSPS) is 9.55. The Morgan fingerprint density at radius 1 is 1.55 bits per heavy atom. The summed E-state index contributed by atoms with van der Waals surface area (Å²) in [6, 6.07) is 2.71. The van der Waals surface area contributed by atoms with Gasteiger partial charge in [-0.25, -0.2) is 0 Å². The number of hydrogen-bond donors (Lipinski definition) is 2. The summed E-state index contributed by atoms with van der Waals surface area (Å²) in [7, 11) is 0. The molecule has 0 bridgehead atoms. The molecule has 0 atom stereocenters. The Labute approximate surface area is 63.0 Å². The molecule has 0 fully saturated rings. The van der Waals surface area contributed by atoms with Crippen LogP contribution in [0.5, 0.6) is 0 Å². The van der Waals surface area contributed by atoms with Crippen molar-refractivity contribution in [2.45, 2.75) is 6.92 Å². The lowest BCUT2D eigenvalue weighted by molar-refractivity contribution is 0.1000. The van der Waals surface area contributed by atoms with Crippen LogP contribution in [-0.4, -0.2) is 10.9 Å². The molecule has 0 saturated heterocycles. The number of carbonyl (C=O) groups is 1. The monoisotopic (exact) mass is 152 g/mol. The molecule has 1 amide bonds. The molecule has 1 rings (SSSR count). The fourth-order valence-corrected chi connectivity index (χ4v) is 0.825. The lowest BCUT2D eigenvalue weighted by Crippen LogP contribution is -2.16. The van der Waals surface area contributed by atoms with E-state index >= 15 is 0 Å². The van der Waals surface area contributed by atoms with Crippen molar-refractivity contribution >= 4 is 5.91 Å². The van der Waals surface area contributed by atoms with Crippen molar-refractivity contribution in [3.8, 4) is 0 Å². The van der Waals surface area contributed by atoms with Gasteiger partial charge in [-0.3, -0.25) is 9.59 Å². The number of aromatic nitrogens is 1. The highest BCUT2D eigenvalue weighted by Gasteiger charge is 2.00. The van der Waals surface area contributed by atoms with Gasteiger partial charge in [0.1, 0.15) is 0 Å². The number of pyridine rings is 1. The zero-order chi connectivity index (χ0) is 8.43. The van der Waals surface area contributed by atoms with Gasteiger partial charge < -0.3 is 10.7 Å². The molecule has 0 spiro atoms. The summed E-state index contributed by atoms with van der Waals surface area (Å²) in [5.74, 6) is -0.584. The van der Waals surface area contributed by atoms with Crippen LogP contribution in [0.15, 0.2) is 16.9 Å². The van der Waals surface area contributed by atoms with Crippen LogP contribution in [0, 0.1) is 6.92 Å². The highest BCUT2D eigenvalue weighted by molar-refractivity contribution is 5.92. The second-order valence-corrected chi connectivity index (χ2v) is 2.28. The first kappa shape index (κ1) is 7.53. The first-order valence-corrected chi connectivity index (χ1v) is 3.10. The molecule has 3 N–H and O–H groups in total. The summed E-state index contributed by atoms with van der Waals surface area (Å²) >= 11 is 0. The smallest absolute Gasteiger partial charge is 0.248 e. The molecule has 58 valence electrons. The van der Waals surface area contributed by atoms with Gasteiger partial charge in [0.25, 0.3) is 0 Å². The molecule has 0 aliphatic carbocycles. The van der Waals surface area contributed by atoms with E-state index in [9.17, 15) is 9.59 Å². The second kappa shape index (κ2) is 2.57. The minimum Gasteiger partial charge on any atom is -0.366 e. The van der Waals surface area contributed by atoms with Crippen LogP contribution in [0.2, 0.25) is 0 Å². The molecule has 0 radical (unpaired) electrons. The number of H-pyrrole nitrogens is 1. The summed E-state index contributed by atoms with van der Waals surface area (Å²) in [6.45, 7) is 1.69. The van der Waals surface area contributed by atoms with Gasteiger partial charge in [-0.2, -0.15) is 0 Å². The number of aryl methyl sites for hydroxylation is 1. The minimum absolute atomic E-state index is 0.242. The standard InChI is InChI=1S/C7H8N2O2/c1-4-2-5(7(8)11)3-6(10)9-4/h2-3H,1H3,(H2,8,11)(H,9,10). The molecule has 0 aliphatic rings. The predicted molar refractivity (Wildman–Crippen MR) is 40.3 cm³/mol. The van der Waals surface area contributed by atoms with E-state index in [2.05, 4.69) is 4.98 Å². The Bertz CT molecular complexity index is 341. The second-order valence-electron chi connectivity index (χ2n) is 2.28. The topological polar surface area (TPSA) is 76.0 Å². The van der Waals surface area contributed by atoms with Gasteiger partial charge >= 0.3 is 0 Å². The first-order valence-electron chi connectivity index (χ1n) is 3.10. The number of nitrogens with two attached hydrogens (primary N) is 1. The van der Waals surface area contributed by atoms with Gasteiger partial charge in [0.05, 0.1) is 0 Å². The summed E-state index contributed by atoms with van der Waals surface area (Å²) in [5, 5.41) is 0. The van der Waals surface area contributed by atoms with Gasteiger partial charge in [0, 0.05) is 17.3 Å². The van der Waals surface area contributed by atoms with Crippen molar-refractivity contribution in [1.29, 1.82) is 0 Å².